The van der Waals surface area contributed by atoms with Crippen molar-refractivity contribution < 1.29 is 46.4 Å². The van der Waals surface area contributed by atoms with Crippen LogP contribution in [0.25, 0.3) is 0 Å². The van der Waals surface area contributed by atoms with Crippen LogP contribution in [0.1, 0.15) is 36.0 Å². The van der Waals surface area contributed by atoms with Crippen molar-refractivity contribution in [3.05, 3.63) is 64.7 Å². The van der Waals surface area contributed by atoms with Crippen molar-refractivity contribution in [2.24, 2.45) is 17.2 Å². The van der Waals surface area contributed by atoms with Gasteiger partial charge in [0.25, 0.3) is 0 Å². The molecule has 0 aliphatic carbocycles. The van der Waals surface area contributed by atoms with Crippen molar-refractivity contribution in [1.29, 1.82) is 0 Å². The monoisotopic (exact) mass is 615 g/mol. The molecule has 2 rings (SSSR count). The molecule has 0 heterocycles. The maximum absolute atomic E-state index is 14.4. The van der Waals surface area contributed by atoms with Crippen LogP contribution in [0.15, 0.2) is 36.4 Å². The number of carbonyl (C=O) groups is 3. The lowest BCUT2D eigenvalue weighted by Crippen LogP contribution is -2.49. The molecule has 0 fully saturated rings. The molecule has 2 atom stereocenters. The summed E-state index contributed by atoms with van der Waals surface area (Å²) in [5.74, 6) is -4.29. The first-order valence-corrected chi connectivity index (χ1v) is 13.4. The minimum atomic E-state index is -4.55. The summed E-state index contributed by atoms with van der Waals surface area (Å²) >= 11 is 0. The van der Waals surface area contributed by atoms with Gasteiger partial charge in [-0.25, -0.2) is 8.78 Å². The maximum atomic E-state index is 14.4. The lowest BCUT2D eigenvalue weighted by molar-refractivity contribution is -0.137. The molecule has 2 amide bonds. The molecule has 0 aliphatic rings. The van der Waals surface area contributed by atoms with Gasteiger partial charge in [-0.3, -0.25) is 14.4 Å². The van der Waals surface area contributed by atoms with Crippen LogP contribution in [0.2, 0.25) is 0 Å². The summed E-state index contributed by atoms with van der Waals surface area (Å²) < 4.78 is 67.1. The second kappa shape index (κ2) is 16.4. The second-order valence-electron chi connectivity index (χ2n) is 9.88. The number of aryl methyl sites for hydroxylation is 1. The molecule has 0 unspecified atom stereocenters. The van der Waals surface area contributed by atoms with E-state index in [0.29, 0.717) is 11.6 Å². The molecule has 2 aromatic rings. The SMILES string of the molecule is NCCN(CCN)C(=O)CC[C@H](N)C(=O)N[C@H](CCc1ccc(C(F)(F)F)cc1)C(=O)Cc1cc(B(O)O)c(F)cc1F. The largest absolute Gasteiger partial charge is 0.491 e. The molecule has 16 heteroatoms. The Kier molecular flexibility index (Phi) is 13.7. The fraction of sp³-hybridized carbons (Fsp3) is 0.444. The summed E-state index contributed by atoms with van der Waals surface area (Å²) in [6.45, 7) is 0.919. The van der Waals surface area contributed by atoms with E-state index in [-0.39, 0.29) is 63.3 Å². The van der Waals surface area contributed by atoms with Gasteiger partial charge in [-0.15, -0.1) is 0 Å². The second-order valence-corrected chi connectivity index (χ2v) is 9.88. The summed E-state index contributed by atoms with van der Waals surface area (Å²) in [4.78, 5) is 40.0. The van der Waals surface area contributed by atoms with Crippen molar-refractivity contribution in [3.63, 3.8) is 0 Å². The maximum Gasteiger partial charge on any atom is 0.491 e. The third-order valence-corrected chi connectivity index (χ3v) is 6.67. The Morgan fingerprint density at radius 2 is 1.56 bits per heavy atom. The highest BCUT2D eigenvalue weighted by atomic mass is 19.4. The van der Waals surface area contributed by atoms with Gasteiger partial charge < -0.3 is 37.5 Å². The molecular formula is C27H35BF5N5O5. The van der Waals surface area contributed by atoms with Gasteiger partial charge >= 0.3 is 13.3 Å². The first-order chi connectivity index (χ1) is 20.2. The minimum absolute atomic E-state index is 0.0299. The van der Waals surface area contributed by atoms with Crippen molar-refractivity contribution >= 4 is 30.2 Å². The quantitative estimate of drug-likeness (QED) is 0.110. The summed E-state index contributed by atoms with van der Waals surface area (Å²) in [5, 5.41) is 21.1. The Morgan fingerprint density at radius 1 is 0.953 bits per heavy atom. The fourth-order valence-electron chi connectivity index (χ4n) is 4.26. The normalized spacial score (nSPS) is 12.9. The zero-order chi connectivity index (χ0) is 32.3. The van der Waals surface area contributed by atoms with Gasteiger partial charge in [0, 0.05) is 50.5 Å². The van der Waals surface area contributed by atoms with E-state index in [1.165, 1.54) is 17.0 Å². The van der Waals surface area contributed by atoms with E-state index in [1.807, 2.05) is 0 Å². The van der Waals surface area contributed by atoms with E-state index in [0.717, 1.165) is 18.2 Å². The van der Waals surface area contributed by atoms with Crippen molar-refractivity contribution in [3.8, 4) is 0 Å². The molecule has 2 aromatic carbocycles. The van der Waals surface area contributed by atoms with E-state index in [9.17, 15) is 46.4 Å². The zero-order valence-corrected chi connectivity index (χ0v) is 23.2. The van der Waals surface area contributed by atoms with Gasteiger partial charge in [0.05, 0.1) is 17.6 Å². The Bertz CT molecular complexity index is 1240. The van der Waals surface area contributed by atoms with Crippen molar-refractivity contribution in [2.45, 2.75) is 50.4 Å². The van der Waals surface area contributed by atoms with E-state index in [2.05, 4.69) is 5.32 Å². The molecule has 0 saturated heterocycles. The van der Waals surface area contributed by atoms with Crippen LogP contribution in [-0.2, 0) is 33.4 Å². The predicted molar refractivity (Wildman–Crippen MR) is 148 cm³/mol. The summed E-state index contributed by atoms with van der Waals surface area (Å²) in [5.41, 5.74) is 15.5. The van der Waals surface area contributed by atoms with Crippen LogP contribution < -0.4 is 28.0 Å². The number of carbonyl (C=O) groups excluding carboxylic acids is 3. The molecule has 0 radical (unpaired) electrons. The highest BCUT2D eigenvalue weighted by molar-refractivity contribution is 6.58. The standard InChI is InChI=1S/C27H35BF5N5O5/c29-20-15-21(30)19(28(42)43)13-17(20)14-24(39)23(7-3-16-1-4-18(5-2-16)27(31,32)33)37-26(41)22(36)6-8-25(40)38(11-9-34)12-10-35/h1-2,4-5,13,15,22-23,42-43H,3,6-12,14,34-36H2,(H,37,41)/t22-,23+/m0/s1. The first kappa shape index (κ1) is 35.8. The number of ketones is 1. The van der Waals surface area contributed by atoms with E-state index < -0.39 is 66.2 Å². The van der Waals surface area contributed by atoms with E-state index in [1.54, 1.807) is 0 Å². The number of rotatable bonds is 16. The average Bonchev–Trinajstić information content (AvgIpc) is 2.94. The van der Waals surface area contributed by atoms with Crippen LogP contribution in [0.4, 0.5) is 22.0 Å². The highest BCUT2D eigenvalue weighted by Gasteiger charge is 2.30. The summed E-state index contributed by atoms with van der Waals surface area (Å²) in [7, 11) is -2.28. The smallest absolute Gasteiger partial charge is 0.423 e. The average molecular weight is 615 g/mol. The first-order valence-electron chi connectivity index (χ1n) is 13.4. The van der Waals surface area contributed by atoms with Gasteiger partial charge in [-0.05, 0) is 42.5 Å². The molecule has 9 N–H and O–H groups in total. The molecule has 43 heavy (non-hydrogen) atoms. The molecule has 0 spiro atoms. The number of nitrogens with two attached hydrogens (primary N) is 3. The lowest BCUT2D eigenvalue weighted by atomic mass is 9.78. The van der Waals surface area contributed by atoms with Crippen LogP contribution >= 0.6 is 0 Å². The van der Waals surface area contributed by atoms with E-state index >= 15 is 0 Å². The van der Waals surface area contributed by atoms with Crippen LogP contribution in [0, 0.1) is 11.6 Å². The number of nitrogens with zero attached hydrogens (tertiary/aromatic N) is 1. The summed E-state index contributed by atoms with van der Waals surface area (Å²) in [6, 6.07) is 2.78. The fourth-order valence-corrected chi connectivity index (χ4v) is 4.26. The number of amides is 2. The third kappa shape index (κ3) is 11.0. The number of hydrogen-bond donors (Lipinski definition) is 6. The number of benzene rings is 2. The van der Waals surface area contributed by atoms with Crippen molar-refractivity contribution in [2.75, 3.05) is 26.2 Å². The van der Waals surface area contributed by atoms with Crippen LogP contribution in [-0.4, -0.2) is 77.9 Å². The van der Waals surface area contributed by atoms with Gasteiger partial charge in [0.15, 0.2) is 5.78 Å². The molecule has 0 aromatic heterocycles. The van der Waals surface area contributed by atoms with Crippen LogP contribution in [0.5, 0.6) is 0 Å². The molecule has 236 valence electrons. The molecular weight excluding hydrogens is 580 g/mol. The Morgan fingerprint density at radius 3 is 2.09 bits per heavy atom. The van der Waals surface area contributed by atoms with Crippen LogP contribution in [0.3, 0.4) is 0 Å². The number of Topliss-reactive ketones (excluding diaryl/α,β-unsaturated/α-hetero) is 1. The van der Waals surface area contributed by atoms with Gasteiger partial charge in [-0.1, -0.05) is 18.2 Å². The summed E-state index contributed by atoms with van der Waals surface area (Å²) in [6.07, 6.45) is -5.55. The van der Waals surface area contributed by atoms with Gasteiger partial charge in [-0.2, -0.15) is 13.2 Å². The lowest BCUT2D eigenvalue weighted by Gasteiger charge is -2.23. The Labute approximate surface area is 245 Å². The molecule has 0 saturated carbocycles. The topological polar surface area (TPSA) is 185 Å². The van der Waals surface area contributed by atoms with Gasteiger partial charge in [0.2, 0.25) is 11.8 Å². The van der Waals surface area contributed by atoms with Gasteiger partial charge in [0.1, 0.15) is 11.6 Å². The number of alkyl halides is 3. The molecule has 0 aliphatic heterocycles. The predicted octanol–water partition coefficient (Wildman–Crippen LogP) is -0.254. The number of nitrogens with one attached hydrogen (secondary N) is 1. The van der Waals surface area contributed by atoms with E-state index in [4.69, 9.17) is 17.2 Å². The zero-order valence-electron chi connectivity index (χ0n) is 23.2. The molecule has 10 nitrogen and oxygen atoms in total. The third-order valence-electron chi connectivity index (χ3n) is 6.67. The minimum Gasteiger partial charge on any atom is -0.423 e. The Balaban J connectivity index is 2.20. The van der Waals surface area contributed by atoms with Crippen molar-refractivity contribution in [1.82, 2.24) is 10.2 Å². The molecule has 0 bridgehead atoms. The highest BCUT2D eigenvalue weighted by Crippen LogP contribution is 2.29. The number of hydrogen-bond acceptors (Lipinski definition) is 8. The number of halogens is 5. The Hall–Kier alpha value is -3.44.